The van der Waals surface area contributed by atoms with Gasteiger partial charge in [0.05, 0.1) is 0 Å². The van der Waals surface area contributed by atoms with Crippen molar-refractivity contribution in [3.63, 3.8) is 0 Å². The SMILES string of the molecule is C#CC#CC(N)=O. The van der Waals surface area contributed by atoms with E-state index in [0.717, 1.165) is 0 Å². The lowest BCUT2D eigenvalue weighted by Gasteiger charge is -1.63. The van der Waals surface area contributed by atoms with Crippen LogP contribution in [-0.2, 0) is 4.79 Å². The van der Waals surface area contributed by atoms with E-state index in [1.807, 2.05) is 11.8 Å². The van der Waals surface area contributed by atoms with Gasteiger partial charge in [-0.2, -0.15) is 0 Å². The van der Waals surface area contributed by atoms with Crippen molar-refractivity contribution < 1.29 is 4.79 Å². The minimum absolute atomic E-state index is 0.696. The van der Waals surface area contributed by atoms with E-state index in [1.54, 1.807) is 0 Å². The molecular formula is C5H3NO. The first kappa shape index (κ1) is 5.59. The number of hydrogen-bond donors (Lipinski definition) is 1. The molecule has 0 atom stereocenters. The molecule has 0 aliphatic rings. The van der Waals surface area contributed by atoms with Crippen molar-refractivity contribution in [3.05, 3.63) is 0 Å². The maximum Gasteiger partial charge on any atom is 0.294 e. The van der Waals surface area contributed by atoms with E-state index in [4.69, 9.17) is 0 Å². The molecule has 0 aliphatic heterocycles. The predicted octanol–water partition coefficient (Wildman–Crippen LogP) is -0.892. The molecule has 0 heterocycles. The molecule has 0 bridgehead atoms. The number of rotatable bonds is 0. The maximum absolute atomic E-state index is 9.71. The molecule has 2 N–H and O–H groups in total. The van der Waals surface area contributed by atoms with Gasteiger partial charge in [0.1, 0.15) is 0 Å². The van der Waals surface area contributed by atoms with Gasteiger partial charge in [-0.05, 0) is 11.8 Å². The summed E-state index contributed by atoms with van der Waals surface area (Å²) in [7, 11) is 0. The molecule has 0 unspecified atom stereocenters. The number of primary amides is 1. The summed E-state index contributed by atoms with van der Waals surface area (Å²) in [4.78, 5) is 9.71. The molecule has 0 aromatic heterocycles. The van der Waals surface area contributed by atoms with Crippen molar-refractivity contribution in [3.8, 4) is 24.2 Å². The van der Waals surface area contributed by atoms with E-state index in [9.17, 15) is 4.79 Å². The molecule has 2 heteroatoms. The quantitative estimate of drug-likeness (QED) is 0.388. The van der Waals surface area contributed by atoms with Crippen LogP contribution in [0.1, 0.15) is 0 Å². The Labute approximate surface area is 41.7 Å². The zero-order valence-electron chi connectivity index (χ0n) is 3.56. The summed E-state index contributed by atoms with van der Waals surface area (Å²) in [5.41, 5.74) is 4.57. The Balaban J connectivity index is 3.74. The fraction of sp³-hybridized carbons (Fsp3) is 0. The average molecular weight is 93.1 g/mol. The third-order valence-electron chi connectivity index (χ3n) is 0.258. The maximum atomic E-state index is 9.71. The van der Waals surface area contributed by atoms with E-state index in [0.29, 0.717) is 0 Å². The van der Waals surface area contributed by atoms with Gasteiger partial charge >= 0.3 is 0 Å². The van der Waals surface area contributed by atoms with E-state index in [2.05, 4.69) is 18.1 Å². The second-order valence-electron chi connectivity index (χ2n) is 0.759. The van der Waals surface area contributed by atoms with Gasteiger partial charge in [-0.3, -0.25) is 4.79 Å². The molecule has 7 heavy (non-hydrogen) atoms. The van der Waals surface area contributed by atoms with E-state index in [1.165, 1.54) is 0 Å². The molecule has 1 amide bonds. The lowest BCUT2D eigenvalue weighted by Crippen LogP contribution is -2.05. The first-order valence-electron chi connectivity index (χ1n) is 1.53. The first-order valence-corrected chi connectivity index (χ1v) is 1.53. The summed E-state index contributed by atoms with van der Waals surface area (Å²) in [6, 6.07) is 0. The highest BCUT2D eigenvalue weighted by Gasteiger charge is 1.73. The Bertz CT molecular complexity index is 165. The van der Waals surface area contributed by atoms with Gasteiger partial charge in [0.25, 0.3) is 5.91 Å². The Morgan fingerprint density at radius 1 is 1.71 bits per heavy atom. The van der Waals surface area contributed by atoms with Gasteiger partial charge in [-0.25, -0.2) is 0 Å². The topological polar surface area (TPSA) is 43.1 Å². The molecule has 0 aromatic rings. The van der Waals surface area contributed by atoms with Crippen molar-refractivity contribution in [1.29, 1.82) is 0 Å². The minimum Gasteiger partial charge on any atom is -0.359 e. The normalized spacial score (nSPS) is 5.00. The van der Waals surface area contributed by atoms with Crippen molar-refractivity contribution in [2.24, 2.45) is 5.73 Å². The highest BCUT2D eigenvalue weighted by atomic mass is 16.1. The lowest BCUT2D eigenvalue weighted by atomic mass is 10.6. The monoisotopic (exact) mass is 93.0 g/mol. The van der Waals surface area contributed by atoms with Crippen LogP contribution < -0.4 is 5.73 Å². The van der Waals surface area contributed by atoms with Gasteiger partial charge in [-0.15, -0.1) is 6.42 Å². The standard InChI is InChI=1S/C5H3NO/c1-2-3-4-5(6)7/h1H,(H2,6,7). The van der Waals surface area contributed by atoms with Crippen LogP contribution in [0.5, 0.6) is 0 Å². The van der Waals surface area contributed by atoms with Gasteiger partial charge in [0, 0.05) is 5.92 Å². The summed E-state index contributed by atoms with van der Waals surface area (Å²) in [5.74, 6) is 5.24. The van der Waals surface area contributed by atoms with Crippen molar-refractivity contribution >= 4 is 5.91 Å². The molecule has 34 valence electrons. The van der Waals surface area contributed by atoms with E-state index in [-0.39, 0.29) is 0 Å². The minimum atomic E-state index is -0.696. The van der Waals surface area contributed by atoms with Crippen LogP contribution >= 0.6 is 0 Å². The Hall–Kier alpha value is -1.41. The summed E-state index contributed by atoms with van der Waals surface area (Å²) >= 11 is 0. The summed E-state index contributed by atoms with van der Waals surface area (Å²) in [5, 5.41) is 0. The van der Waals surface area contributed by atoms with Crippen LogP contribution in [0.3, 0.4) is 0 Å². The van der Waals surface area contributed by atoms with Crippen LogP contribution in [0.4, 0.5) is 0 Å². The number of carbonyl (C=O) groups is 1. The lowest BCUT2D eigenvalue weighted by molar-refractivity contribution is -0.112. The fourth-order valence-corrected chi connectivity index (χ4v) is 0.0977. The predicted molar refractivity (Wildman–Crippen MR) is 25.8 cm³/mol. The second-order valence-corrected chi connectivity index (χ2v) is 0.759. The molecule has 0 saturated heterocycles. The molecule has 0 radical (unpaired) electrons. The molecule has 0 aromatic carbocycles. The van der Waals surface area contributed by atoms with E-state index < -0.39 is 5.91 Å². The third-order valence-corrected chi connectivity index (χ3v) is 0.258. The Morgan fingerprint density at radius 3 is 2.43 bits per heavy atom. The van der Waals surface area contributed by atoms with Gasteiger partial charge in [-0.1, -0.05) is 0 Å². The molecular weight excluding hydrogens is 90.1 g/mol. The zero-order valence-corrected chi connectivity index (χ0v) is 3.56. The number of nitrogens with two attached hydrogens (primary N) is 1. The first-order chi connectivity index (χ1) is 3.27. The van der Waals surface area contributed by atoms with E-state index >= 15 is 0 Å². The Morgan fingerprint density at radius 2 is 2.29 bits per heavy atom. The largest absolute Gasteiger partial charge is 0.359 e. The van der Waals surface area contributed by atoms with Gasteiger partial charge in [0.2, 0.25) is 0 Å². The highest BCUT2D eigenvalue weighted by Crippen LogP contribution is 1.47. The van der Waals surface area contributed by atoms with Gasteiger partial charge < -0.3 is 5.73 Å². The molecule has 0 aliphatic carbocycles. The van der Waals surface area contributed by atoms with Crippen LogP contribution in [-0.4, -0.2) is 5.91 Å². The second kappa shape index (κ2) is 2.81. The number of terminal acetylenes is 1. The summed E-state index contributed by atoms with van der Waals surface area (Å²) in [6.45, 7) is 0. The molecule has 2 nitrogen and oxygen atoms in total. The highest BCUT2D eigenvalue weighted by molar-refractivity contribution is 5.92. The molecule has 0 fully saturated rings. The average Bonchev–Trinajstić information content (AvgIpc) is 1.61. The fourth-order valence-electron chi connectivity index (χ4n) is 0.0977. The van der Waals surface area contributed by atoms with Crippen LogP contribution in [0.25, 0.3) is 0 Å². The molecule has 0 spiro atoms. The van der Waals surface area contributed by atoms with Crippen LogP contribution in [0.15, 0.2) is 0 Å². The zero-order chi connectivity index (χ0) is 5.70. The van der Waals surface area contributed by atoms with Crippen molar-refractivity contribution in [2.75, 3.05) is 0 Å². The number of carbonyl (C=O) groups excluding carboxylic acids is 1. The summed E-state index contributed by atoms with van der Waals surface area (Å²) < 4.78 is 0. The number of hydrogen-bond acceptors (Lipinski definition) is 1. The molecule has 0 rings (SSSR count). The Kier molecular flexibility index (Phi) is 2.24. The number of amides is 1. The summed E-state index contributed by atoms with van der Waals surface area (Å²) in [6.07, 6.45) is 4.65. The van der Waals surface area contributed by atoms with Crippen molar-refractivity contribution in [1.82, 2.24) is 0 Å². The van der Waals surface area contributed by atoms with Gasteiger partial charge in [0.15, 0.2) is 0 Å². The molecule has 0 saturated carbocycles. The van der Waals surface area contributed by atoms with Crippen molar-refractivity contribution in [2.45, 2.75) is 0 Å². The van der Waals surface area contributed by atoms with Crippen LogP contribution in [0.2, 0.25) is 0 Å². The smallest absolute Gasteiger partial charge is 0.294 e. The third kappa shape index (κ3) is 4.59. The van der Waals surface area contributed by atoms with Crippen LogP contribution in [0, 0.1) is 24.2 Å².